The first-order valence-corrected chi connectivity index (χ1v) is 7.32. The van der Waals surface area contributed by atoms with E-state index in [-0.39, 0.29) is 6.04 Å². The van der Waals surface area contributed by atoms with Crippen molar-refractivity contribution < 1.29 is 4.74 Å². The zero-order valence-corrected chi connectivity index (χ0v) is 12.2. The van der Waals surface area contributed by atoms with Crippen LogP contribution in [0.2, 0.25) is 0 Å². The summed E-state index contributed by atoms with van der Waals surface area (Å²) in [7, 11) is 0. The van der Waals surface area contributed by atoms with Crippen molar-refractivity contribution in [3.8, 4) is 0 Å². The predicted octanol–water partition coefficient (Wildman–Crippen LogP) is 3.27. The molecule has 2 atom stereocenters. The van der Waals surface area contributed by atoms with Crippen molar-refractivity contribution >= 4 is 15.9 Å². The third kappa shape index (κ3) is 2.44. The number of ether oxygens (including phenoxy) is 1. The smallest absolute Gasteiger partial charge is 0.170 e. The average Bonchev–Trinajstić information content (AvgIpc) is 2.90. The minimum absolute atomic E-state index is 0.111. The number of hydrogen-bond acceptors (Lipinski definition) is 3. The monoisotopic (exact) mass is 321 g/mol. The van der Waals surface area contributed by atoms with Crippen LogP contribution in [0.25, 0.3) is 0 Å². The normalized spacial score (nSPS) is 27.9. The van der Waals surface area contributed by atoms with Crippen LogP contribution in [-0.2, 0) is 9.25 Å². The fourth-order valence-electron chi connectivity index (χ4n) is 2.56. The van der Waals surface area contributed by atoms with Crippen LogP contribution < -0.4 is 0 Å². The first kappa shape index (κ1) is 12.8. The number of nitrogens with zero attached hydrogens (tertiary/aromatic N) is 3. The Kier molecular flexibility index (Phi) is 3.66. The van der Waals surface area contributed by atoms with Crippen molar-refractivity contribution in [2.24, 2.45) is 0 Å². The van der Waals surface area contributed by atoms with Gasteiger partial charge in [0.05, 0.1) is 6.04 Å². The third-order valence-electron chi connectivity index (χ3n) is 3.54. The Hall–Kier alpha value is -1.20. The molecule has 5 heteroatoms. The Morgan fingerprint density at radius 1 is 1.26 bits per heavy atom. The largest absolute Gasteiger partial charge is 0.357 e. The maximum atomic E-state index is 6.14. The maximum Gasteiger partial charge on any atom is 0.170 e. The Morgan fingerprint density at radius 3 is 2.84 bits per heavy atom. The Morgan fingerprint density at radius 2 is 2.11 bits per heavy atom. The number of halogens is 1. The summed E-state index contributed by atoms with van der Waals surface area (Å²) in [6, 6.07) is 10.4. The molecule has 3 rings (SSSR count). The lowest BCUT2D eigenvalue weighted by Crippen LogP contribution is -2.33. The molecule has 100 valence electrons. The molecule has 0 spiro atoms. The maximum absolute atomic E-state index is 6.14. The van der Waals surface area contributed by atoms with E-state index in [4.69, 9.17) is 4.74 Å². The molecule has 2 heterocycles. The molecule has 0 aliphatic carbocycles. The summed E-state index contributed by atoms with van der Waals surface area (Å²) in [5.74, 6) is 0. The molecular formula is C14H16BrN3O. The number of rotatable bonds is 2. The average molecular weight is 322 g/mol. The second-order valence-electron chi connectivity index (χ2n) is 4.75. The number of aromatic nitrogens is 3. The Balaban J connectivity index is 2.03. The van der Waals surface area contributed by atoms with Gasteiger partial charge in [0, 0.05) is 6.61 Å². The van der Waals surface area contributed by atoms with Crippen LogP contribution in [0.15, 0.2) is 43.0 Å². The van der Waals surface area contributed by atoms with Crippen LogP contribution in [0.1, 0.15) is 30.9 Å². The lowest BCUT2D eigenvalue weighted by Gasteiger charge is -2.34. The fraction of sp³-hybridized carbons (Fsp3) is 0.429. The van der Waals surface area contributed by atoms with Crippen LogP contribution in [0.4, 0.5) is 0 Å². The summed E-state index contributed by atoms with van der Waals surface area (Å²) in [5.41, 5.74) is 1.12. The lowest BCUT2D eigenvalue weighted by atomic mass is 9.98. The van der Waals surface area contributed by atoms with Gasteiger partial charge in [-0.3, -0.25) is 0 Å². The van der Waals surface area contributed by atoms with Gasteiger partial charge in [0.25, 0.3) is 0 Å². The van der Waals surface area contributed by atoms with E-state index in [9.17, 15) is 0 Å². The molecule has 1 aromatic carbocycles. The molecule has 0 bridgehead atoms. The van der Waals surface area contributed by atoms with Gasteiger partial charge in [0.2, 0.25) is 0 Å². The van der Waals surface area contributed by atoms with E-state index >= 15 is 0 Å². The van der Waals surface area contributed by atoms with Gasteiger partial charge in [-0.2, -0.15) is 5.10 Å². The second kappa shape index (κ2) is 5.43. The SMILES string of the molecule is BrC1(c2ccccc2)OCCCCC1n1cncn1. The predicted molar refractivity (Wildman–Crippen MR) is 75.9 cm³/mol. The van der Waals surface area contributed by atoms with Gasteiger partial charge in [-0.1, -0.05) is 30.3 Å². The first-order chi connectivity index (χ1) is 9.31. The van der Waals surface area contributed by atoms with Crippen LogP contribution >= 0.6 is 15.9 Å². The van der Waals surface area contributed by atoms with Gasteiger partial charge < -0.3 is 4.74 Å². The quantitative estimate of drug-likeness (QED) is 0.797. The summed E-state index contributed by atoms with van der Waals surface area (Å²) >= 11 is 3.83. The molecular weight excluding hydrogens is 306 g/mol. The zero-order chi connectivity index (χ0) is 13.1. The minimum Gasteiger partial charge on any atom is -0.357 e. The molecule has 1 aliphatic heterocycles. The molecule has 0 radical (unpaired) electrons. The van der Waals surface area contributed by atoms with Crippen molar-refractivity contribution in [1.29, 1.82) is 0 Å². The molecule has 0 amide bonds. The highest BCUT2D eigenvalue weighted by atomic mass is 79.9. The van der Waals surface area contributed by atoms with Gasteiger partial charge in [0.15, 0.2) is 4.51 Å². The summed E-state index contributed by atoms with van der Waals surface area (Å²) in [4.78, 5) is 4.06. The summed E-state index contributed by atoms with van der Waals surface area (Å²) in [6.07, 6.45) is 6.56. The van der Waals surface area contributed by atoms with Crippen LogP contribution in [0, 0.1) is 0 Å². The lowest BCUT2D eigenvalue weighted by molar-refractivity contribution is -0.000779. The number of alkyl halides is 1. The second-order valence-corrected chi connectivity index (χ2v) is 5.92. The van der Waals surface area contributed by atoms with Gasteiger partial charge in [-0.25, -0.2) is 9.67 Å². The van der Waals surface area contributed by atoms with Crippen molar-refractivity contribution in [1.82, 2.24) is 14.8 Å². The van der Waals surface area contributed by atoms with Gasteiger partial charge in [-0.05, 0) is 40.8 Å². The highest BCUT2D eigenvalue weighted by molar-refractivity contribution is 9.09. The molecule has 19 heavy (non-hydrogen) atoms. The van der Waals surface area contributed by atoms with E-state index < -0.39 is 4.51 Å². The van der Waals surface area contributed by atoms with Gasteiger partial charge >= 0.3 is 0 Å². The molecule has 2 unspecified atom stereocenters. The topological polar surface area (TPSA) is 39.9 Å². The highest BCUT2D eigenvalue weighted by Crippen LogP contribution is 2.46. The molecule has 4 nitrogen and oxygen atoms in total. The highest BCUT2D eigenvalue weighted by Gasteiger charge is 2.42. The number of hydrogen-bond donors (Lipinski definition) is 0. The van der Waals surface area contributed by atoms with Gasteiger partial charge in [-0.15, -0.1) is 0 Å². The van der Waals surface area contributed by atoms with Crippen LogP contribution in [0.5, 0.6) is 0 Å². The van der Waals surface area contributed by atoms with Crippen molar-refractivity contribution in [2.45, 2.75) is 29.8 Å². The van der Waals surface area contributed by atoms with Crippen LogP contribution in [-0.4, -0.2) is 21.4 Å². The standard InChI is InChI=1S/C14H16BrN3O/c15-14(12-6-2-1-3-7-12)13(8-4-5-9-19-14)18-11-16-10-17-18/h1-3,6-7,10-11,13H,4-5,8-9H2. The first-order valence-electron chi connectivity index (χ1n) is 6.53. The molecule has 1 aromatic heterocycles. The molecule has 2 aromatic rings. The molecule has 1 aliphatic rings. The van der Waals surface area contributed by atoms with Gasteiger partial charge in [0.1, 0.15) is 12.7 Å². The number of benzene rings is 1. The van der Waals surface area contributed by atoms with E-state index in [1.54, 1.807) is 12.7 Å². The third-order valence-corrected chi connectivity index (χ3v) is 4.75. The molecule has 1 fully saturated rings. The molecule has 1 saturated heterocycles. The Bertz CT molecular complexity index is 517. The molecule has 0 N–H and O–H groups in total. The van der Waals surface area contributed by atoms with E-state index in [1.165, 1.54) is 0 Å². The zero-order valence-electron chi connectivity index (χ0n) is 10.6. The van der Waals surface area contributed by atoms with Crippen molar-refractivity contribution in [2.75, 3.05) is 6.61 Å². The summed E-state index contributed by atoms with van der Waals surface area (Å²) < 4.78 is 7.51. The van der Waals surface area contributed by atoms with E-state index in [0.717, 1.165) is 31.4 Å². The summed E-state index contributed by atoms with van der Waals surface area (Å²) in [5, 5.41) is 4.30. The molecule has 0 saturated carbocycles. The van der Waals surface area contributed by atoms with E-state index in [1.807, 2.05) is 22.9 Å². The van der Waals surface area contributed by atoms with Crippen molar-refractivity contribution in [3.63, 3.8) is 0 Å². The van der Waals surface area contributed by atoms with Crippen LogP contribution in [0.3, 0.4) is 0 Å². The minimum atomic E-state index is -0.529. The fourth-order valence-corrected chi connectivity index (χ4v) is 3.43. The van der Waals surface area contributed by atoms with E-state index in [0.29, 0.717) is 0 Å². The van der Waals surface area contributed by atoms with E-state index in [2.05, 4.69) is 38.1 Å². The summed E-state index contributed by atoms with van der Waals surface area (Å²) in [6.45, 7) is 0.755. The Labute approximate surface area is 120 Å². The van der Waals surface area contributed by atoms with Crippen molar-refractivity contribution in [3.05, 3.63) is 48.5 Å².